The highest BCUT2D eigenvalue weighted by atomic mass is 35.5. The maximum atomic E-state index is 13.2. The Morgan fingerprint density at radius 1 is 1.32 bits per heavy atom. The normalized spacial score (nSPS) is 30.1. The molecule has 8 nitrogen and oxygen atoms in total. The lowest BCUT2D eigenvalue weighted by molar-refractivity contribution is -0.153. The van der Waals surface area contributed by atoms with Gasteiger partial charge in [0.1, 0.15) is 5.76 Å². The standard InChI is InChI=1S/C29H30ClN3O5/c1-15(27(36)32-20-7-5-17(13-31)11-19(20)30)24(35)26-29-9-10-33(14-16-3-4-16)22(28(29,2)37)12-18-6-8-21(34)25(38-26)23(18)29/h5-8,11,16,22,26,34-35,37H,3-4,9-10,12,14H2,1-2H3,(H,32,36)/b24-15-/t22-,26+,28-,29+/m1/s1. The second-order valence-corrected chi connectivity index (χ2v) is 11.7. The van der Waals surface area contributed by atoms with E-state index in [4.69, 9.17) is 21.6 Å². The summed E-state index contributed by atoms with van der Waals surface area (Å²) in [5, 5.41) is 46.5. The van der Waals surface area contributed by atoms with Gasteiger partial charge >= 0.3 is 0 Å². The first-order chi connectivity index (χ1) is 18.1. The number of aromatic hydroxyl groups is 1. The van der Waals surface area contributed by atoms with Gasteiger partial charge in [-0.25, -0.2) is 0 Å². The van der Waals surface area contributed by atoms with E-state index in [-0.39, 0.29) is 33.9 Å². The van der Waals surface area contributed by atoms with Crippen LogP contribution in [0.3, 0.4) is 0 Å². The van der Waals surface area contributed by atoms with Crippen molar-refractivity contribution in [1.82, 2.24) is 4.90 Å². The number of carbonyl (C=O) groups is 1. The number of carbonyl (C=O) groups excluding carboxylic acids is 1. The number of aliphatic hydroxyl groups is 2. The second kappa shape index (κ2) is 8.63. The van der Waals surface area contributed by atoms with Crippen molar-refractivity contribution in [2.75, 3.05) is 18.4 Å². The lowest BCUT2D eigenvalue weighted by Crippen LogP contribution is -2.73. The number of rotatable bonds is 5. The Morgan fingerprint density at radius 2 is 2.08 bits per heavy atom. The predicted octanol–water partition coefficient (Wildman–Crippen LogP) is 4.18. The molecule has 0 radical (unpaired) electrons. The van der Waals surface area contributed by atoms with Crippen LogP contribution in [0.2, 0.25) is 5.02 Å². The van der Waals surface area contributed by atoms with Crippen molar-refractivity contribution >= 4 is 23.2 Å². The summed E-state index contributed by atoms with van der Waals surface area (Å²) in [6.45, 7) is 4.93. The van der Waals surface area contributed by atoms with Crippen molar-refractivity contribution in [3.63, 3.8) is 0 Å². The number of hydrogen-bond donors (Lipinski definition) is 4. The van der Waals surface area contributed by atoms with E-state index in [1.54, 1.807) is 13.0 Å². The predicted molar refractivity (Wildman–Crippen MR) is 141 cm³/mol. The molecule has 2 aliphatic carbocycles. The average Bonchev–Trinajstić information content (AvgIpc) is 3.63. The molecule has 1 spiro atoms. The fraction of sp³-hybridized carbons (Fsp3) is 0.448. The summed E-state index contributed by atoms with van der Waals surface area (Å²) in [4.78, 5) is 15.6. The zero-order valence-corrected chi connectivity index (χ0v) is 22.0. The zero-order chi connectivity index (χ0) is 27.0. The number of nitrogens with one attached hydrogen (secondary N) is 1. The van der Waals surface area contributed by atoms with Gasteiger partial charge in [0.15, 0.2) is 17.6 Å². The largest absolute Gasteiger partial charge is 0.508 e. The van der Waals surface area contributed by atoms with Crippen LogP contribution in [-0.4, -0.2) is 57.0 Å². The van der Waals surface area contributed by atoms with Crippen molar-refractivity contribution in [3.05, 3.63) is 63.4 Å². The topological polar surface area (TPSA) is 126 Å². The molecular formula is C29H30ClN3O5. The molecule has 4 N–H and O–H groups in total. The number of nitrogens with zero attached hydrogens (tertiary/aromatic N) is 2. The van der Waals surface area contributed by atoms with Crippen molar-refractivity contribution in [1.29, 1.82) is 5.26 Å². The van der Waals surface area contributed by atoms with E-state index in [0.29, 0.717) is 36.6 Å². The number of benzene rings is 2. The Balaban J connectivity index is 1.40. The van der Waals surface area contributed by atoms with Gasteiger partial charge in [0.2, 0.25) is 0 Å². The van der Waals surface area contributed by atoms with Gasteiger partial charge in [0.05, 0.1) is 38.9 Å². The van der Waals surface area contributed by atoms with Gasteiger partial charge in [-0.1, -0.05) is 17.7 Å². The number of hydrogen-bond acceptors (Lipinski definition) is 7. The number of fused-ring (bicyclic) bond motifs is 1. The number of piperidine rings is 1. The van der Waals surface area contributed by atoms with Crippen molar-refractivity contribution in [2.24, 2.45) is 5.92 Å². The molecule has 38 heavy (non-hydrogen) atoms. The third kappa shape index (κ3) is 3.53. The first kappa shape index (κ1) is 25.1. The van der Waals surface area contributed by atoms with Gasteiger partial charge in [0, 0.05) is 18.2 Å². The van der Waals surface area contributed by atoms with E-state index in [1.165, 1.54) is 38.0 Å². The molecule has 4 aliphatic rings. The van der Waals surface area contributed by atoms with Crippen LogP contribution in [0.15, 0.2) is 41.7 Å². The van der Waals surface area contributed by atoms with Crippen LogP contribution in [0.5, 0.6) is 11.5 Å². The fourth-order valence-corrected chi connectivity index (χ4v) is 7.02. The van der Waals surface area contributed by atoms with E-state index in [0.717, 1.165) is 17.7 Å². The molecule has 1 saturated heterocycles. The van der Waals surface area contributed by atoms with Gasteiger partial charge in [-0.15, -0.1) is 0 Å². The third-order valence-electron chi connectivity index (χ3n) is 9.06. The third-order valence-corrected chi connectivity index (χ3v) is 9.37. The lowest BCUT2D eigenvalue weighted by atomic mass is 9.53. The lowest BCUT2D eigenvalue weighted by Gasteiger charge is -2.59. The quantitative estimate of drug-likeness (QED) is 0.334. The summed E-state index contributed by atoms with van der Waals surface area (Å²) in [7, 11) is 0. The van der Waals surface area contributed by atoms with Crippen LogP contribution >= 0.6 is 11.6 Å². The monoisotopic (exact) mass is 535 g/mol. The summed E-state index contributed by atoms with van der Waals surface area (Å²) in [6.07, 6.45) is 2.46. The number of phenols is 1. The van der Waals surface area contributed by atoms with Crippen LogP contribution in [0.4, 0.5) is 5.69 Å². The molecule has 9 heteroatoms. The summed E-state index contributed by atoms with van der Waals surface area (Å²) >= 11 is 6.24. The summed E-state index contributed by atoms with van der Waals surface area (Å²) in [5.74, 6) is -0.0325. The van der Waals surface area contributed by atoms with E-state index in [9.17, 15) is 20.1 Å². The van der Waals surface area contributed by atoms with E-state index in [1.807, 2.05) is 12.1 Å². The number of amides is 1. The molecule has 198 valence electrons. The number of ether oxygens (including phenoxy) is 1. The van der Waals surface area contributed by atoms with Gasteiger partial charge in [0.25, 0.3) is 5.91 Å². The molecule has 2 fully saturated rings. The van der Waals surface area contributed by atoms with Crippen molar-refractivity contribution in [2.45, 2.75) is 62.7 Å². The minimum Gasteiger partial charge on any atom is -0.508 e. The molecule has 2 aliphatic heterocycles. The smallest absolute Gasteiger partial charge is 0.254 e. The molecule has 2 heterocycles. The van der Waals surface area contributed by atoms with E-state index in [2.05, 4.69) is 10.2 Å². The number of halogens is 1. The number of likely N-dealkylation sites (tertiary alicyclic amines) is 1. The minimum absolute atomic E-state index is 0.0111. The van der Waals surface area contributed by atoms with E-state index < -0.39 is 23.0 Å². The van der Waals surface area contributed by atoms with Crippen LogP contribution in [0, 0.1) is 17.2 Å². The first-order valence-corrected chi connectivity index (χ1v) is 13.4. The number of nitriles is 1. The molecule has 2 bridgehead atoms. The van der Waals surface area contributed by atoms with Gasteiger partial charge < -0.3 is 25.4 Å². The Labute approximate surface area is 226 Å². The maximum Gasteiger partial charge on any atom is 0.254 e. The molecular weight excluding hydrogens is 506 g/mol. The summed E-state index contributed by atoms with van der Waals surface area (Å²) < 4.78 is 6.26. The fourth-order valence-electron chi connectivity index (χ4n) is 6.79. The molecule has 2 aromatic rings. The van der Waals surface area contributed by atoms with Crippen LogP contribution in [0.25, 0.3) is 0 Å². The highest BCUT2D eigenvalue weighted by molar-refractivity contribution is 6.34. The minimum atomic E-state index is -1.29. The molecule has 1 saturated carbocycles. The number of anilines is 1. The maximum absolute atomic E-state index is 13.2. The van der Waals surface area contributed by atoms with Gasteiger partial charge in [-0.05, 0) is 81.8 Å². The van der Waals surface area contributed by atoms with E-state index >= 15 is 0 Å². The molecule has 1 amide bonds. The number of aliphatic hydroxyl groups excluding tert-OH is 1. The zero-order valence-electron chi connectivity index (χ0n) is 21.3. The van der Waals surface area contributed by atoms with Crippen molar-refractivity contribution < 1.29 is 24.9 Å². The molecule has 0 aromatic heterocycles. The van der Waals surface area contributed by atoms with Crippen molar-refractivity contribution in [3.8, 4) is 17.6 Å². The Kier molecular flexibility index (Phi) is 5.69. The molecule has 4 atom stereocenters. The van der Waals surface area contributed by atoms with Gasteiger partial charge in [-0.3, -0.25) is 9.69 Å². The number of phenolic OH excluding ortho intramolecular Hbond substituents is 1. The van der Waals surface area contributed by atoms with Crippen LogP contribution < -0.4 is 10.1 Å². The summed E-state index contributed by atoms with van der Waals surface area (Å²) in [6, 6.07) is 9.79. The molecule has 0 unspecified atom stereocenters. The highest BCUT2D eigenvalue weighted by Gasteiger charge is 2.69. The Hall–Kier alpha value is -3.25. The SMILES string of the molecule is C/C(C(=O)Nc1ccc(C#N)cc1Cl)=C(/O)[C@@H]1Oc2c(O)ccc3c2[C@@]12CCN(CC1CC1)[C@H](C3)[C@@]2(C)O. The highest BCUT2D eigenvalue weighted by Crippen LogP contribution is 2.63. The van der Waals surface area contributed by atoms with Crippen LogP contribution in [-0.2, 0) is 16.6 Å². The second-order valence-electron chi connectivity index (χ2n) is 11.2. The van der Waals surface area contributed by atoms with Crippen LogP contribution in [0.1, 0.15) is 49.8 Å². The molecule has 2 aromatic carbocycles. The Bertz CT molecular complexity index is 1430. The average molecular weight is 536 g/mol. The Morgan fingerprint density at radius 3 is 2.76 bits per heavy atom. The first-order valence-electron chi connectivity index (χ1n) is 13.0. The summed E-state index contributed by atoms with van der Waals surface area (Å²) in [5.41, 5.74) is 0.0414. The molecule has 6 rings (SSSR count). The van der Waals surface area contributed by atoms with Gasteiger partial charge in [-0.2, -0.15) is 5.26 Å².